The van der Waals surface area contributed by atoms with Crippen molar-refractivity contribution in [2.45, 2.75) is 25.3 Å². The molecule has 2 aliphatic rings. The molecule has 8 heteroatoms. The van der Waals surface area contributed by atoms with E-state index in [0.29, 0.717) is 26.2 Å². The van der Waals surface area contributed by atoms with Gasteiger partial charge in [-0.05, 0) is 13.0 Å². The zero-order valence-corrected chi connectivity index (χ0v) is 13.6. The van der Waals surface area contributed by atoms with E-state index in [-0.39, 0.29) is 22.2 Å². The number of aromatic nitrogens is 1. The van der Waals surface area contributed by atoms with Crippen LogP contribution in [0.5, 0.6) is 0 Å². The molecule has 25 heavy (non-hydrogen) atoms. The number of alkyl halides is 2. The van der Waals surface area contributed by atoms with Gasteiger partial charge in [0.25, 0.3) is 5.92 Å². The molecule has 0 bridgehead atoms. The number of pyridine rings is 1. The largest absolute Gasteiger partial charge is 0.364 e. The van der Waals surface area contributed by atoms with Crippen LogP contribution >= 0.6 is 0 Å². The molecule has 4 nitrogen and oxygen atoms in total. The summed E-state index contributed by atoms with van der Waals surface area (Å²) in [5.41, 5.74) is -0.855. The van der Waals surface area contributed by atoms with Crippen molar-refractivity contribution in [2.24, 2.45) is 0 Å². The third-order valence-corrected chi connectivity index (χ3v) is 4.92. The fraction of sp³-hybridized carbons (Fsp3) is 0.471. The Bertz CT molecular complexity index is 918. The van der Waals surface area contributed by atoms with Crippen LogP contribution in [0.1, 0.15) is 18.0 Å². The van der Waals surface area contributed by atoms with Crippen molar-refractivity contribution >= 4 is 16.6 Å². The number of fused-ring (bicyclic) bond motifs is 1. The first-order valence-electron chi connectivity index (χ1n) is 8.18. The van der Waals surface area contributed by atoms with Crippen molar-refractivity contribution in [3.63, 3.8) is 0 Å². The summed E-state index contributed by atoms with van der Waals surface area (Å²) in [5, 5.41) is 2.89. The van der Waals surface area contributed by atoms with Gasteiger partial charge < -0.3 is 14.8 Å². The summed E-state index contributed by atoms with van der Waals surface area (Å²) in [4.78, 5) is 13.9. The van der Waals surface area contributed by atoms with Crippen LogP contribution in [0.4, 0.5) is 23.2 Å². The standard InChI is InChI=1S/C17H17F4N3O/c1-9-8-24(12-7-17(12,20)21)14-10(16(9)25)6-11(18)15(13(14)19)23-4-2-22-3-5-23/h6,8,12,22H,2-5,7H2,1H3. The highest BCUT2D eigenvalue weighted by molar-refractivity contribution is 5.85. The van der Waals surface area contributed by atoms with Crippen molar-refractivity contribution in [1.82, 2.24) is 9.88 Å². The van der Waals surface area contributed by atoms with Crippen molar-refractivity contribution in [3.8, 4) is 0 Å². The molecule has 2 heterocycles. The number of halogens is 4. The van der Waals surface area contributed by atoms with Crippen LogP contribution in [0.15, 0.2) is 17.1 Å². The van der Waals surface area contributed by atoms with Crippen LogP contribution in [-0.2, 0) is 0 Å². The van der Waals surface area contributed by atoms with Gasteiger partial charge in [-0.15, -0.1) is 0 Å². The molecule has 1 atom stereocenters. The van der Waals surface area contributed by atoms with Crippen molar-refractivity contribution < 1.29 is 17.6 Å². The van der Waals surface area contributed by atoms with Gasteiger partial charge in [-0.1, -0.05) is 0 Å². The van der Waals surface area contributed by atoms with Gasteiger partial charge in [0.05, 0.1) is 10.9 Å². The highest BCUT2D eigenvalue weighted by Gasteiger charge is 2.58. The second kappa shape index (κ2) is 5.45. The van der Waals surface area contributed by atoms with Gasteiger partial charge in [0.15, 0.2) is 11.2 Å². The first kappa shape index (κ1) is 16.4. The summed E-state index contributed by atoms with van der Waals surface area (Å²) in [7, 11) is 0. The fourth-order valence-corrected chi connectivity index (χ4v) is 3.49. The summed E-state index contributed by atoms with van der Waals surface area (Å²) in [5.74, 6) is -4.73. The molecular weight excluding hydrogens is 338 g/mol. The summed E-state index contributed by atoms with van der Waals surface area (Å²) in [6.45, 7) is 3.39. The van der Waals surface area contributed by atoms with Gasteiger partial charge in [0.1, 0.15) is 17.5 Å². The molecule has 1 aliphatic heterocycles. The average Bonchev–Trinajstić information content (AvgIpc) is 3.20. The van der Waals surface area contributed by atoms with E-state index >= 15 is 4.39 Å². The Balaban J connectivity index is 1.99. The maximum absolute atomic E-state index is 15.2. The Kier molecular flexibility index (Phi) is 3.57. The van der Waals surface area contributed by atoms with Gasteiger partial charge in [0.2, 0.25) is 0 Å². The molecule has 1 saturated heterocycles. The highest BCUT2D eigenvalue weighted by Crippen LogP contribution is 2.53. The number of anilines is 1. The number of rotatable bonds is 2. The molecule has 1 saturated carbocycles. The topological polar surface area (TPSA) is 37.3 Å². The van der Waals surface area contributed by atoms with E-state index in [1.54, 1.807) is 4.90 Å². The number of hydrogen-bond donors (Lipinski definition) is 1. The van der Waals surface area contributed by atoms with E-state index < -0.39 is 35.4 Å². The molecule has 4 rings (SSSR count). The number of nitrogens with one attached hydrogen (secondary N) is 1. The van der Waals surface area contributed by atoms with E-state index in [1.807, 2.05) is 0 Å². The predicted octanol–water partition coefficient (Wildman–Crippen LogP) is 2.58. The molecule has 1 N–H and O–H groups in total. The maximum Gasteiger partial charge on any atom is 0.270 e. The first-order chi connectivity index (χ1) is 11.8. The van der Waals surface area contributed by atoms with Crippen molar-refractivity contribution in [2.75, 3.05) is 31.1 Å². The Hall–Kier alpha value is -2.09. The zero-order valence-electron chi connectivity index (χ0n) is 13.6. The molecule has 134 valence electrons. The van der Waals surface area contributed by atoms with Gasteiger partial charge in [-0.3, -0.25) is 4.79 Å². The Morgan fingerprint density at radius 1 is 1.24 bits per heavy atom. The molecule has 1 aromatic heterocycles. The SMILES string of the molecule is Cc1cn(C2CC2(F)F)c2c(F)c(N3CCNCC3)c(F)cc2c1=O. The number of nitrogens with zero attached hydrogens (tertiary/aromatic N) is 2. The Labute approximate surface area is 141 Å². The van der Waals surface area contributed by atoms with E-state index in [0.717, 1.165) is 10.6 Å². The number of benzene rings is 1. The minimum Gasteiger partial charge on any atom is -0.364 e. The Morgan fingerprint density at radius 3 is 2.48 bits per heavy atom. The quantitative estimate of drug-likeness (QED) is 0.842. The lowest BCUT2D eigenvalue weighted by atomic mass is 10.1. The molecule has 1 unspecified atom stereocenters. The predicted molar refractivity (Wildman–Crippen MR) is 86.5 cm³/mol. The van der Waals surface area contributed by atoms with E-state index in [9.17, 15) is 18.0 Å². The van der Waals surface area contributed by atoms with Crippen LogP contribution in [0.2, 0.25) is 0 Å². The highest BCUT2D eigenvalue weighted by atomic mass is 19.3. The van der Waals surface area contributed by atoms with Gasteiger partial charge in [-0.25, -0.2) is 17.6 Å². The fourth-order valence-electron chi connectivity index (χ4n) is 3.49. The van der Waals surface area contributed by atoms with Crippen molar-refractivity contribution in [1.29, 1.82) is 0 Å². The second-order valence-corrected chi connectivity index (χ2v) is 6.68. The summed E-state index contributed by atoms with van der Waals surface area (Å²) in [6.07, 6.45) is 0.836. The molecule has 1 aromatic carbocycles. The normalized spacial score (nSPS) is 22.4. The molecule has 0 amide bonds. The summed E-state index contributed by atoms with van der Waals surface area (Å²) >= 11 is 0. The van der Waals surface area contributed by atoms with E-state index in [1.165, 1.54) is 13.1 Å². The van der Waals surface area contributed by atoms with E-state index in [2.05, 4.69) is 5.32 Å². The summed E-state index contributed by atoms with van der Waals surface area (Å²) < 4.78 is 58.1. The third-order valence-electron chi connectivity index (χ3n) is 4.92. The molecule has 2 aromatic rings. The second-order valence-electron chi connectivity index (χ2n) is 6.68. The molecular formula is C17H17F4N3O. The smallest absolute Gasteiger partial charge is 0.270 e. The minimum absolute atomic E-state index is 0.184. The lowest BCUT2D eigenvalue weighted by molar-refractivity contribution is 0.101. The zero-order chi connectivity index (χ0) is 17.9. The first-order valence-corrected chi connectivity index (χ1v) is 8.18. The molecule has 2 fully saturated rings. The lowest BCUT2D eigenvalue weighted by Gasteiger charge is -2.30. The maximum atomic E-state index is 15.2. The van der Waals surface area contributed by atoms with Gasteiger partial charge in [-0.2, -0.15) is 0 Å². The van der Waals surface area contributed by atoms with Gasteiger partial charge in [0, 0.05) is 44.4 Å². The lowest BCUT2D eigenvalue weighted by Crippen LogP contribution is -2.44. The van der Waals surface area contributed by atoms with Crippen LogP contribution in [0.25, 0.3) is 10.9 Å². The number of piperazine rings is 1. The Morgan fingerprint density at radius 2 is 1.88 bits per heavy atom. The third kappa shape index (κ3) is 2.50. The number of aryl methyl sites for hydroxylation is 1. The monoisotopic (exact) mass is 355 g/mol. The van der Waals surface area contributed by atoms with Crippen LogP contribution in [0.3, 0.4) is 0 Å². The van der Waals surface area contributed by atoms with Crippen LogP contribution < -0.4 is 15.6 Å². The molecule has 1 aliphatic carbocycles. The van der Waals surface area contributed by atoms with Gasteiger partial charge >= 0.3 is 0 Å². The van der Waals surface area contributed by atoms with Crippen molar-refractivity contribution in [3.05, 3.63) is 39.7 Å². The van der Waals surface area contributed by atoms with Crippen LogP contribution in [-0.4, -0.2) is 36.7 Å². The average molecular weight is 355 g/mol. The van der Waals surface area contributed by atoms with Crippen LogP contribution in [0, 0.1) is 18.6 Å². The number of hydrogen-bond acceptors (Lipinski definition) is 3. The molecule has 0 spiro atoms. The molecule has 0 radical (unpaired) electrons. The summed E-state index contributed by atoms with van der Waals surface area (Å²) in [6, 6.07) is -0.229. The van der Waals surface area contributed by atoms with E-state index in [4.69, 9.17) is 0 Å². The minimum atomic E-state index is -2.94.